The van der Waals surface area contributed by atoms with Crippen LogP contribution < -0.4 is 15.8 Å². The molecule has 3 aromatic carbocycles. The number of hydrogen-bond acceptors (Lipinski definition) is 5. The van der Waals surface area contributed by atoms with Crippen LogP contribution in [0, 0.1) is 11.3 Å². The summed E-state index contributed by atoms with van der Waals surface area (Å²) in [6, 6.07) is 14.3. The van der Waals surface area contributed by atoms with E-state index < -0.39 is 34.0 Å². The molecular formula is C27H33N5O5S. The van der Waals surface area contributed by atoms with Crippen LogP contribution in [-0.2, 0) is 19.6 Å². The second kappa shape index (κ2) is 11.4. The summed E-state index contributed by atoms with van der Waals surface area (Å²) < 4.78 is 29.5. The zero-order valence-corrected chi connectivity index (χ0v) is 22.0. The number of hydrogen-bond donors (Lipinski definition) is 5. The number of carbonyl (C=O) groups excluding carboxylic acids is 1. The van der Waals surface area contributed by atoms with Gasteiger partial charge in [0, 0.05) is 13.1 Å². The molecule has 1 aliphatic heterocycles. The number of carbonyl (C=O) groups is 2. The lowest BCUT2D eigenvalue weighted by atomic mass is 9.91. The minimum atomic E-state index is -4.12. The molecule has 1 saturated heterocycles. The van der Waals surface area contributed by atoms with Crippen molar-refractivity contribution in [2.24, 2.45) is 11.7 Å². The van der Waals surface area contributed by atoms with Gasteiger partial charge in [-0.3, -0.25) is 10.2 Å². The number of amides is 1. The monoisotopic (exact) mass is 539 g/mol. The Balaban J connectivity index is 1.61. The number of rotatable bonds is 9. The van der Waals surface area contributed by atoms with Crippen molar-refractivity contribution in [3.63, 3.8) is 0 Å². The van der Waals surface area contributed by atoms with Crippen LogP contribution in [0.15, 0.2) is 59.5 Å². The van der Waals surface area contributed by atoms with E-state index in [1.54, 1.807) is 12.1 Å². The maximum Gasteiger partial charge on any atom is 0.326 e. The molecular weight excluding hydrogens is 506 g/mol. The zero-order chi connectivity index (χ0) is 27.4. The van der Waals surface area contributed by atoms with Gasteiger partial charge in [-0.25, -0.2) is 13.2 Å². The van der Waals surface area contributed by atoms with Crippen molar-refractivity contribution in [2.75, 3.05) is 13.1 Å². The molecule has 0 spiro atoms. The van der Waals surface area contributed by atoms with Crippen molar-refractivity contribution in [1.29, 1.82) is 5.41 Å². The fraction of sp³-hybridized carbons (Fsp3) is 0.370. The van der Waals surface area contributed by atoms with E-state index in [0.717, 1.165) is 21.5 Å². The highest BCUT2D eigenvalue weighted by molar-refractivity contribution is 7.89. The Labute approximate surface area is 221 Å². The number of likely N-dealkylation sites (tertiary alicyclic amines) is 1. The number of piperidine rings is 1. The summed E-state index contributed by atoms with van der Waals surface area (Å²) in [5.41, 5.74) is 5.33. The van der Waals surface area contributed by atoms with Gasteiger partial charge in [-0.2, -0.15) is 4.72 Å². The highest BCUT2D eigenvalue weighted by Crippen LogP contribution is 2.27. The van der Waals surface area contributed by atoms with Crippen LogP contribution in [0.25, 0.3) is 21.5 Å². The Morgan fingerprint density at radius 3 is 2.42 bits per heavy atom. The minimum Gasteiger partial charge on any atom is -0.480 e. The van der Waals surface area contributed by atoms with Crippen LogP contribution in [0.5, 0.6) is 0 Å². The second-order valence-electron chi connectivity index (χ2n) is 9.88. The van der Waals surface area contributed by atoms with E-state index in [4.69, 9.17) is 11.1 Å². The first-order valence-electron chi connectivity index (χ1n) is 12.6. The summed E-state index contributed by atoms with van der Waals surface area (Å²) in [7, 11) is -4.12. The van der Waals surface area contributed by atoms with Gasteiger partial charge in [-0.05, 0) is 77.4 Å². The van der Waals surface area contributed by atoms with Crippen LogP contribution in [-0.4, -0.2) is 61.4 Å². The topological polar surface area (TPSA) is 166 Å². The molecule has 0 radical (unpaired) electrons. The lowest BCUT2D eigenvalue weighted by molar-refractivity contribution is -0.153. The van der Waals surface area contributed by atoms with Gasteiger partial charge < -0.3 is 21.1 Å². The fourth-order valence-electron chi connectivity index (χ4n) is 4.94. The Bertz CT molecular complexity index is 1480. The Morgan fingerprint density at radius 2 is 1.76 bits per heavy atom. The van der Waals surface area contributed by atoms with Gasteiger partial charge in [0.2, 0.25) is 15.9 Å². The molecule has 0 aromatic heterocycles. The molecule has 11 heteroatoms. The lowest BCUT2D eigenvalue weighted by Crippen LogP contribution is -2.56. The number of sulfonamides is 1. The standard InChI is InChI=1S/C27H33N5O5S/c1-17-10-12-32(24(13-17)26(34)35)25(33)23(7-4-11-30-27(28)29)31-38(36,37)22-9-8-20-14-18-5-2-3-6-19(18)15-21(20)16-22/h2-3,5-6,8-9,14-17,23-24,31H,4,7,10-13H2,1H3,(H,34,35)(H4,28,29,30)/t17-,23+,24-/m1/s1. The van der Waals surface area contributed by atoms with E-state index in [-0.39, 0.29) is 36.3 Å². The molecule has 202 valence electrons. The number of guanidine groups is 1. The maximum atomic E-state index is 13.6. The number of nitrogens with two attached hydrogens (primary N) is 1. The van der Waals surface area contributed by atoms with Crippen molar-refractivity contribution in [3.8, 4) is 0 Å². The van der Waals surface area contributed by atoms with Crippen LogP contribution in [0.3, 0.4) is 0 Å². The number of fused-ring (bicyclic) bond motifs is 2. The van der Waals surface area contributed by atoms with E-state index in [1.165, 1.54) is 11.0 Å². The largest absolute Gasteiger partial charge is 0.480 e. The third-order valence-electron chi connectivity index (χ3n) is 7.00. The van der Waals surface area contributed by atoms with Crippen molar-refractivity contribution in [3.05, 3.63) is 54.6 Å². The van der Waals surface area contributed by atoms with Crippen molar-refractivity contribution in [2.45, 2.75) is 49.6 Å². The molecule has 1 amide bonds. The van der Waals surface area contributed by atoms with Gasteiger partial charge in [0.25, 0.3) is 0 Å². The number of carboxylic acids is 1. The van der Waals surface area contributed by atoms with E-state index in [0.29, 0.717) is 19.3 Å². The highest BCUT2D eigenvalue weighted by Gasteiger charge is 2.38. The number of benzene rings is 3. The van der Waals surface area contributed by atoms with Crippen molar-refractivity contribution < 1.29 is 23.1 Å². The summed E-state index contributed by atoms with van der Waals surface area (Å²) in [4.78, 5) is 26.8. The van der Waals surface area contributed by atoms with E-state index in [9.17, 15) is 23.1 Å². The minimum absolute atomic E-state index is 0.0157. The predicted octanol–water partition coefficient (Wildman–Crippen LogP) is 2.61. The Hall–Kier alpha value is -3.70. The molecule has 3 atom stereocenters. The third kappa shape index (κ3) is 6.22. The van der Waals surface area contributed by atoms with Crippen LogP contribution in [0.1, 0.15) is 32.6 Å². The normalized spacial score (nSPS) is 18.8. The summed E-state index contributed by atoms with van der Waals surface area (Å²) in [5, 5.41) is 23.3. The number of carboxylic acid groups (broad SMARTS) is 1. The summed E-state index contributed by atoms with van der Waals surface area (Å²) in [5.74, 6) is -1.76. The smallest absolute Gasteiger partial charge is 0.326 e. The van der Waals surface area contributed by atoms with Gasteiger partial charge >= 0.3 is 5.97 Å². The first-order chi connectivity index (χ1) is 18.0. The molecule has 6 N–H and O–H groups in total. The number of nitrogens with zero attached hydrogens (tertiary/aromatic N) is 1. The number of aliphatic carboxylic acids is 1. The van der Waals surface area contributed by atoms with Gasteiger partial charge in [-0.1, -0.05) is 37.3 Å². The molecule has 10 nitrogen and oxygen atoms in total. The SMILES string of the molecule is C[C@@H]1CCN(C(=O)[C@H](CCCNC(=N)N)NS(=O)(=O)c2ccc3cc4ccccc4cc3c2)[C@@H](C(=O)O)C1. The van der Waals surface area contributed by atoms with E-state index in [1.807, 2.05) is 43.3 Å². The van der Waals surface area contributed by atoms with Crippen molar-refractivity contribution in [1.82, 2.24) is 14.9 Å². The van der Waals surface area contributed by atoms with Gasteiger partial charge in [0.05, 0.1) is 4.90 Å². The Morgan fingerprint density at radius 1 is 1.11 bits per heavy atom. The molecule has 1 aliphatic rings. The molecule has 0 aliphatic carbocycles. The van der Waals surface area contributed by atoms with Crippen LogP contribution >= 0.6 is 0 Å². The van der Waals surface area contributed by atoms with E-state index in [2.05, 4.69) is 10.0 Å². The average Bonchev–Trinajstić information content (AvgIpc) is 2.88. The summed E-state index contributed by atoms with van der Waals surface area (Å²) >= 11 is 0. The predicted molar refractivity (Wildman–Crippen MR) is 146 cm³/mol. The van der Waals surface area contributed by atoms with Crippen molar-refractivity contribution >= 4 is 49.4 Å². The summed E-state index contributed by atoms with van der Waals surface area (Å²) in [6.07, 6.45) is 1.39. The molecule has 1 fully saturated rings. The molecule has 38 heavy (non-hydrogen) atoms. The molecule has 1 heterocycles. The van der Waals surface area contributed by atoms with E-state index >= 15 is 0 Å². The molecule has 0 bridgehead atoms. The Kier molecular flexibility index (Phi) is 8.17. The zero-order valence-electron chi connectivity index (χ0n) is 21.2. The summed E-state index contributed by atoms with van der Waals surface area (Å²) in [6.45, 7) is 2.45. The molecule has 4 rings (SSSR count). The highest BCUT2D eigenvalue weighted by atomic mass is 32.2. The molecule has 0 saturated carbocycles. The molecule has 3 aromatic rings. The maximum absolute atomic E-state index is 13.6. The van der Waals surface area contributed by atoms with Gasteiger partial charge in [0.1, 0.15) is 12.1 Å². The third-order valence-corrected chi connectivity index (χ3v) is 8.47. The lowest BCUT2D eigenvalue weighted by Gasteiger charge is -2.38. The van der Waals surface area contributed by atoms with Gasteiger partial charge in [0.15, 0.2) is 5.96 Å². The number of nitrogens with one attached hydrogen (secondary N) is 3. The average molecular weight is 540 g/mol. The first kappa shape index (κ1) is 27.3. The van der Waals surface area contributed by atoms with Crippen LogP contribution in [0.2, 0.25) is 0 Å². The first-order valence-corrected chi connectivity index (χ1v) is 14.1. The fourth-order valence-corrected chi connectivity index (χ4v) is 6.20. The quantitative estimate of drug-likeness (QED) is 0.121. The second-order valence-corrected chi connectivity index (χ2v) is 11.6. The van der Waals surface area contributed by atoms with Crippen LogP contribution in [0.4, 0.5) is 0 Å². The molecule has 0 unspecified atom stereocenters. The van der Waals surface area contributed by atoms with Gasteiger partial charge in [-0.15, -0.1) is 0 Å².